The van der Waals surface area contributed by atoms with Crippen LogP contribution in [0.1, 0.15) is 34.5 Å². The minimum Gasteiger partial charge on any atom is -0.382 e. The number of benzene rings is 2. The summed E-state index contributed by atoms with van der Waals surface area (Å²) in [5.41, 5.74) is 9.51. The Kier molecular flexibility index (Phi) is 7.25. The molecule has 1 aliphatic rings. The summed E-state index contributed by atoms with van der Waals surface area (Å²) < 4.78 is 0. The predicted octanol–water partition coefficient (Wildman–Crippen LogP) is 3.73. The Morgan fingerprint density at radius 3 is 2.12 bits per heavy atom. The molecule has 1 aromatic heterocycles. The summed E-state index contributed by atoms with van der Waals surface area (Å²) in [6.45, 7) is 4.09. The number of rotatable bonds is 8. The number of amides is 1. The van der Waals surface area contributed by atoms with Crippen LogP contribution >= 0.6 is 0 Å². The Morgan fingerprint density at radius 2 is 1.53 bits per heavy atom. The Labute approximate surface area is 189 Å². The second-order valence-electron chi connectivity index (χ2n) is 7.94. The van der Waals surface area contributed by atoms with Crippen LogP contribution in [0.15, 0.2) is 79.1 Å². The lowest BCUT2D eigenvalue weighted by Gasteiger charge is -2.25. The van der Waals surface area contributed by atoms with Crippen molar-refractivity contribution >= 4 is 17.3 Å². The van der Waals surface area contributed by atoms with Crippen molar-refractivity contribution in [3.63, 3.8) is 0 Å². The van der Waals surface area contributed by atoms with Crippen molar-refractivity contribution in [1.82, 2.24) is 19.8 Å². The summed E-state index contributed by atoms with van der Waals surface area (Å²) in [4.78, 5) is 25.8. The van der Waals surface area contributed by atoms with E-state index < -0.39 is 0 Å². The molecule has 164 valence electrons. The topological polar surface area (TPSA) is 75.3 Å². The summed E-state index contributed by atoms with van der Waals surface area (Å²) in [6, 6.07) is 20.5. The molecule has 1 aliphatic heterocycles. The van der Waals surface area contributed by atoms with Gasteiger partial charge in [-0.1, -0.05) is 66.7 Å². The summed E-state index contributed by atoms with van der Waals surface area (Å²) in [6.07, 6.45) is 7.58. The second-order valence-corrected chi connectivity index (χ2v) is 7.94. The molecule has 1 amide bonds. The summed E-state index contributed by atoms with van der Waals surface area (Å²) in [7, 11) is 0. The molecule has 4 rings (SSSR count). The predicted molar refractivity (Wildman–Crippen MR) is 128 cm³/mol. The van der Waals surface area contributed by atoms with Crippen LogP contribution in [0, 0.1) is 0 Å². The van der Waals surface area contributed by atoms with Crippen LogP contribution in [-0.4, -0.2) is 58.4 Å². The molecule has 0 atom stereocenters. The average Bonchev–Trinajstić information content (AvgIpc) is 3.36. The number of hydrogen-bond donors (Lipinski definition) is 1. The highest BCUT2D eigenvalue weighted by atomic mass is 16.2. The van der Waals surface area contributed by atoms with E-state index in [4.69, 9.17) is 5.73 Å². The third kappa shape index (κ3) is 5.39. The van der Waals surface area contributed by atoms with Gasteiger partial charge in [0.2, 0.25) is 0 Å². The van der Waals surface area contributed by atoms with Crippen molar-refractivity contribution in [2.45, 2.75) is 12.8 Å². The monoisotopic (exact) mass is 427 g/mol. The Balaban J connectivity index is 1.62. The largest absolute Gasteiger partial charge is 0.382 e. The number of hydrogen-bond acceptors (Lipinski definition) is 5. The molecule has 2 heterocycles. The first kappa shape index (κ1) is 21.7. The van der Waals surface area contributed by atoms with Gasteiger partial charge in [0.15, 0.2) is 11.5 Å². The highest BCUT2D eigenvalue weighted by molar-refractivity contribution is 5.96. The number of carbonyl (C=O) groups excluding carboxylic acids is 1. The average molecular weight is 428 g/mol. The lowest BCUT2D eigenvalue weighted by atomic mass is 9.97. The van der Waals surface area contributed by atoms with Gasteiger partial charge in [-0.25, -0.2) is 9.97 Å². The lowest BCUT2D eigenvalue weighted by molar-refractivity contribution is 0.0755. The highest BCUT2D eigenvalue weighted by Gasteiger charge is 2.21. The fraction of sp³-hybridized carbons (Fsp3) is 0.269. The lowest BCUT2D eigenvalue weighted by Crippen LogP contribution is -2.39. The van der Waals surface area contributed by atoms with Gasteiger partial charge in [0.25, 0.3) is 5.91 Å². The van der Waals surface area contributed by atoms with E-state index in [1.165, 1.54) is 25.2 Å². The molecule has 1 fully saturated rings. The minimum atomic E-state index is -0.188. The van der Waals surface area contributed by atoms with Crippen LogP contribution in [0.2, 0.25) is 0 Å². The van der Waals surface area contributed by atoms with Crippen LogP contribution in [0.5, 0.6) is 0 Å². The molecular weight excluding hydrogens is 398 g/mol. The van der Waals surface area contributed by atoms with Gasteiger partial charge in [-0.05, 0) is 42.6 Å². The van der Waals surface area contributed by atoms with Gasteiger partial charge >= 0.3 is 0 Å². The zero-order valence-corrected chi connectivity index (χ0v) is 18.2. The van der Waals surface area contributed by atoms with Crippen LogP contribution in [0.3, 0.4) is 0 Å². The molecule has 0 spiro atoms. The molecule has 0 saturated carbocycles. The number of nitrogens with two attached hydrogens (primary N) is 1. The zero-order valence-electron chi connectivity index (χ0n) is 18.2. The van der Waals surface area contributed by atoms with E-state index in [-0.39, 0.29) is 17.4 Å². The van der Waals surface area contributed by atoms with Crippen LogP contribution in [-0.2, 0) is 0 Å². The number of likely N-dealkylation sites (tertiary alicyclic amines) is 1. The van der Waals surface area contributed by atoms with Gasteiger partial charge < -0.3 is 15.5 Å². The van der Waals surface area contributed by atoms with Crippen molar-refractivity contribution in [2.75, 3.05) is 38.5 Å². The molecule has 1 saturated heterocycles. The third-order valence-electron chi connectivity index (χ3n) is 5.79. The first-order valence-corrected chi connectivity index (χ1v) is 11.1. The molecule has 0 aliphatic carbocycles. The smallest absolute Gasteiger partial charge is 0.276 e. The fourth-order valence-electron chi connectivity index (χ4n) is 4.05. The fourth-order valence-corrected chi connectivity index (χ4v) is 4.05. The van der Waals surface area contributed by atoms with Gasteiger partial charge in [0.1, 0.15) is 0 Å². The van der Waals surface area contributed by atoms with E-state index in [0.29, 0.717) is 13.1 Å². The van der Waals surface area contributed by atoms with E-state index in [0.717, 1.165) is 36.3 Å². The van der Waals surface area contributed by atoms with Crippen molar-refractivity contribution < 1.29 is 4.79 Å². The number of aromatic nitrogens is 2. The number of nitrogens with zero attached hydrogens (tertiary/aromatic N) is 4. The number of nitrogen functional groups attached to an aromatic ring is 1. The molecular formula is C26H29N5O. The van der Waals surface area contributed by atoms with Crippen molar-refractivity contribution in [1.29, 1.82) is 0 Å². The summed E-state index contributed by atoms with van der Waals surface area (Å²) in [5, 5.41) is 0. The molecule has 32 heavy (non-hydrogen) atoms. The molecule has 0 unspecified atom stereocenters. The quantitative estimate of drug-likeness (QED) is 0.593. The first-order chi connectivity index (χ1) is 15.7. The maximum absolute atomic E-state index is 13.4. The van der Waals surface area contributed by atoms with Gasteiger partial charge in [0, 0.05) is 32.0 Å². The molecule has 6 heteroatoms. The summed E-state index contributed by atoms with van der Waals surface area (Å²) in [5.74, 6) is -0.0227. The molecule has 6 nitrogen and oxygen atoms in total. The van der Waals surface area contributed by atoms with Gasteiger partial charge in [-0.3, -0.25) is 4.79 Å². The van der Waals surface area contributed by atoms with E-state index >= 15 is 0 Å². The SMILES string of the molecule is Nc1nccnc1C(=O)N(CC=C(c1ccccc1)c1ccccc1)CCN1CCCC1. The van der Waals surface area contributed by atoms with Gasteiger partial charge in [-0.15, -0.1) is 0 Å². The maximum atomic E-state index is 13.4. The number of carbonyl (C=O) groups is 1. The number of anilines is 1. The second kappa shape index (κ2) is 10.7. The molecule has 0 radical (unpaired) electrons. The molecule has 0 bridgehead atoms. The summed E-state index contributed by atoms with van der Waals surface area (Å²) >= 11 is 0. The normalized spacial score (nSPS) is 13.6. The standard InChI is InChI=1S/C26H29N5O/c27-25-24(28-14-15-29-25)26(32)31(20-19-30-16-7-8-17-30)18-13-23(21-9-3-1-4-10-21)22-11-5-2-6-12-22/h1-6,9-15H,7-8,16-20H2,(H2,27,29). The van der Waals surface area contributed by atoms with Gasteiger partial charge in [-0.2, -0.15) is 0 Å². The van der Waals surface area contributed by atoms with E-state index in [1.54, 1.807) is 0 Å². The Hall–Kier alpha value is -3.51. The van der Waals surface area contributed by atoms with E-state index in [9.17, 15) is 4.79 Å². The van der Waals surface area contributed by atoms with Crippen molar-refractivity contribution in [3.05, 3.63) is 96.0 Å². The zero-order chi connectivity index (χ0) is 22.2. The Bertz CT molecular complexity index is 1000. The highest BCUT2D eigenvalue weighted by Crippen LogP contribution is 2.23. The van der Waals surface area contributed by atoms with Gasteiger partial charge in [0.05, 0.1) is 0 Å². The molecule has 2 N–H and O–H groups in total. The van der Waals surface area contributed by atoms with Crippen LogP contribution in [0.4, 0.5) is 5.82 Å². The molecule has 2 aromatic carbocycles. The minimum absolute atomic E-state index is 0.166. The molecule has 3 aromatic rings. The van der Waals surface area contributed by atoms with E-state index in [2.05, 4.69) is 45.2 Å². The maximum Gasteiger partial charge on any atom is 0.276 e. The van der Waals surface area contributed by atoms with Crippen molar-refractivity contribution in [3.8, 4) is 0 Å². The van der Waals surface area contributed by atoms with Crippen molar-refractivity contribution in [2.24, 2.45) is 0 Å². The third-order valence-corrected chi connectivity index (χ3v) is 5.79. The van der Waals surface area contributed by atoms with Crippen LogP contribution in [0.25, 0.3) is 5.57 Å². The van der Waals surface area contributed by atoms with E-state index in [1.807, 2.05) is 41.3 Å². The Morgan fingerprint density at radius 1 is 0.938 bits per heavy atom. The first-order valence-electron chi connectivity index (χ1n) is 11.1. The van der Waals surface area contributed by atoms with Crippen LogP contribution < -0.4 is 5.73 Å².